The minimum absolute atomic E-state index is 0.0808. The van der Waals surface area contributed by atoms with Crippen molar-refractivity contribution in [3.8, 4) is 0 Å². The van der Waals surface area contributed by atoms with Crippen LogP contribution in [0.1, 0.15) is 18.9 Å². The molecule has 5 nitrogen and oxygen atoms in total. The first kappa shape index (κ1) is 13.0. The van der Waals surface area contributed by atoms with Crippen molar-refractivity contribution < 1.29 is 13.6 Å². The van der Waals surface area contributed by atoms with Crippen LogP contribution < -0.4 is 10.2 Å². The maximum Gasteiger partial charge on any atom is 0.215 e. The van der Waals surface area contributed by atoms with Crippen molar-refractivity contribution in [1.29, 1.82) is 0 Å². The first-order valence-corrected chi connectivity index (χ1v) is 6.69. The van der Waals surface area contributed by atoms with Gasteiger partial charge in [-0.15, -0.1) is 0 Å². The van der Waals surface area contributed by atoms with Gasteiger partial charge in [0.05, 0.1) is 11.4 Å². The summed E-state index contributed by atoms with van der Waals surface area (Å²) < 4.78 is 25.6. The number of hydrogen-bond acceptors (Lipinski definition) is 4. The number of benzene rings is 1. The van der Waals surface area contributed by atoms with Gasteiger partial charge >= 0.3 is 0 Å². The maximum absolute atomic E-state index is 11.6. The second kappa shape index (κ2) is 5.83. The highest BCUT2D eigenvalue weighted by atomic mass is 32.2. The van der Waals surface area contributed by atoms with Crippen LogP contribution in [-0.2, 0) is 15.8 Å². The topological polar surface area (TPSA) is 78.4 Å². The van der Waals surface area contributed by atoms with Crippen LogP contribution in [0.15, 0.2) is 24.3 Å². The van der Waals surface area contributed by atoms with Gasteiger partial charge in [0.15, 0.2) is 0 Å². The van der Waals surface area contributed by atoms with Crippen molar-refractivity contribution in [2.75, 3.05) is 12.0 Å². The minimum atomic E-state index is -3.28. The van der Waals surface area contributed by atoms with Gasteiger partial charge in [0.1, 0.15) is 0 Å². The average Bonchev–Trinajstić information content (AvgIpc) is 2.26. The van der Waals surface area contributed by atoms with E-state index in [1.54, 1.807) is 24.3 Å². The van der Waals surface area contributed by atoms with Crippen LogP contribution in [0.2, 0.25) is 0 Å². The lowest BCUT2D eigenvalue weighted by molar-refractivity contribution is 0.389. The fourth-order valence-corrected chi connectivity index (χ4v) is 2.49. The molecule has 16 heavy (non-hydrogen) atoms. The molecule has 0 amide bonds. The second-order valence-electron chi connectivity index (χ2n) is 3.47. The summed E-state index contributed by atoms with van der Waals surface area (Å²) in [5.74, 6) is -0.0808. The van der Waals surface area contributed by atoms with Crippen LogP contribution in [0.3, 0.4) is 0 Å². The molecule has 0 spiro atoms. The fraction of sp³-hybridized carbons (Fsp3) is 0.400. The third-order valence-corrected chi connectivity index (χ3v) is 3.34. The largest absolute Gasteiger partial charge is 0.291 e. The Morgan fingerprint density at radius 2 is 2.12 bits per heavy atom. The summed E-state index contributed by atoms with van der Waals surface area (Å²) in [6.07, 6.45) is 0.761. The Bertz CT molecular complexity index is 431. The Morgan fingerprint density at radius 3 is 2.75 bits per heavy atom. The highest BCUT2D eigenvalue weighted by Crippen LogP contribution is 2.11. The molecular weight excluding hydrogens is 228 g/mol. The molecule has 0 aliphatic carbocycles. The zero-order valence-electron chi connectivity index (χ0n) is 9.10. The normalized spacial score (nSPS) is 11.4. The van der Waals surface area contributed by atoms with E-state index in [-0.39, 0.29) is 5.75 Å². The molecule has 0 aromatic heterocycles. The molecule has 0 heterocycles. The monoisotopic (exact) mass is 244 g/mol. The van der Waals surface area contributed by atoms with E-state index >= 15 is 0 Å². The number of rotatable bonds is 6. The van der Waals surface area contributed by atoms with Crippen LogP contribution in [0, 0.1) is 0 Å². The van der Waals surface area contributed by atoms with Crippen molar-refractivity contribution in [1.82, 2.24) is 4.72 Å². The number of hydrogen-bond donors (Lipinski definition) is 3. The Balaban J connectivity index is 2.72. The average molecular weight is 244 g/mol. The molecule has 0 unspecified atom stereocenters. The molecule has 90 valence electrons. The summed E-state index contributed by atoms with van der Waals surface area (Å²) in [5, 5.41) is 8.69. The van der Waals surface area contributed by atoms with Gasteiger partial charge in [-0.25, -0.2) is 13.1 Å². The van der Waals surface area contributed by atoms with Crippen LogP contribution >= 0.6 is 0 Å². The molecular formula is C10H16N2O3S. The molecule has 0 aliphatic rings. The van der Waals surface area contributed by atoms with Crippen molar-refractivity contribution >= 4 is 15.7 Å². The fourth-order valence-electron chi connectivity index (χ4n) is 1.26. The molecule has 0 aliphatic heterocycles. The lowest BCUT2D eigenvalue weighted by Crippen LogP contribution is -2.25. The van der Waals surface area contributed by atoms with Crippen molar-refractivity contribution in [3.63, 3.8) is 0 Å². The van der Waals surface area contributed by atoms with E-state index in [0.717, 1.165) is 6.42 Å². The van der Waals surface area contributed by atoms with E-state index in [2.05, 4.69) is 4.72 Å². The van der Waals surface area contributed by atoms with Crippen LogP contribution in [0.5, 0.6) is 0 Å². The van der Waals surface area contributed by atoms with E-state index in [0.29, 0.717) is 17.8 Å². The number of nitrogens with one attached hydrogen (secondary N) is 2. The Hall–Kier alpha value is -1.11. The maximum atomic E-state index is 11.6. The molecule has 6 heteroatoms. The molecule has 3 N–H and O–H groups in total. The lowest BCUT2D eigenvalue weighted by atomic mass is 10.2. The van der Waals surface area contributed by atoms with Crippen LogP contribution in [0.4, 0.5) is 5.69 Å². The highest BCUT2D eigenvalue weighted by Gasteiger charge is 2.10. The van der Waals surface area contributed by atoms with Gasteiger partial charge in [0.2, 0.25) is 10.0 Å². The van der Waals surface area contributed by atoms with Crippen molar-refractivity contribution in [2.24, 2.45) is 0 Å². The van der Waals surface area contributed by atoms with E-state index in [9.17, 15) is 8.42 Å². The summed E-state index contributed by atoms with van der Waals surface area (Å²) in [6, 6.07) is 6.62. The quantitative estimate of drug-likeness (QED) is 0.659. The Labute approximate surface area is 95.5 Å². The van der Waals surface area contributed by atoms with E-state index in [1.165, 1.54) is 0 Å². The zero-order valence-corrected chi connectivity index (χ0v) is 9.92. The Morgan fingerprint density at radius 1 is 1.38 bits per heavy atom. The van der Waals surface area contributed by atoms with Crippen LogP contribution in [0.25, 0.3) is 0 Å². The summed E-state index contributed by atoms with van der Waals surface area (Å²) in [5.41, 5.74) is 3.08. The van der Waals surface area contributed by atoms with Gasteiger partial charge in [-0.1, -0.05) is 19.1 Å². The van der Waals surface area contributed by atoms with Crippen molar-refractivity contribution in [2.45, 2.75) is 19.1 Å². The predicted molar refractivity (Wildman–Crippen MR) is 62.8 cm³/mol. The zero-order chi connectivity index (χ0) is 12.0. The summed E-state index contributed by atoms with van der Waals surface area (Å²) in [7, 11) is -3.28. The smallest absolute Gasteiger partial charge is 0.215 e. The standard InChI is InChI=1S/C10H16N2O3S/c1-2-6-11-16(14,15)8-9-4-3-5-10(7-9)12-13/h3-5,7,11-13H,2,6,8H2,1H3. The molecule has 1 aromatic rings. The van der Waals surface area contributed by atoms with Gasteiger partial charge in [0, 0.05) is 6.54 Å². The van der Waals surface area contributed by atoms with Crippen LogP contribution in [-0.4, -0.2) is 20.2 Å². The predicted octanol–water partition coefficient (Wildman–Crippen LogP) is 1.32. The molecule has 0 fully saturated rings. The summed E-state index contributed by atoms with van der Waals surface area (Å²) >= 11 is 0. The molecule has 0 saturated carbocycles. The Kier molecular flexibility index (Phi) is 4.72. The third-order valence-electron chi connectivity index (χ3n) is 1.98. The van der Waals surface area contributed by atoms with Crippen molar-refractivity contribution in [3.05, 3.63) is 29.8 Å². The molecule has 0 atom stereocenters. The minimum Gasteiger partial charge on any atom is -0.291 e. The first-order valence-electron chi connectivity index (χ1n) is 5.04. The molecule has 0 bridgehead atoms. The van der Waals surface area contributed by atoms with Gasteiger partial charge in [-0.2, -0.15) is 0 Å². The molecule has 1 rings (SSSR count). The van der Waals surface area contributed by atoms with Gasteiger partial charge in [0.25, 0.3) is 0 Å². The van der Waals surface area contributed by atoms with Gasteiger partial charge in [-0.05, 0) is 24.1 Å². The molecule has 1 aromatic carbocycles. The molecule has 0 saturated heterocycles. The second-order valence-corrected chi connectivity index (χ2v) is 5.27. The van der Waals surface area contributed by atoms with E-state index in [1.807, 2.05) is 12.4 Å². The highest BCUT2D eigenvalue weighted by molar-refractivity contribution is 7.88. The van der Waals surface area contributed by atoms with E-state index < -0.39 is 10.0 Å². The SMILES string of the molecule is CCCNS(=O)(=O)Cc1cccc(NO)c1. The third kappa shape index (κ3) is 4.18. The number of anilines is 1. The summed E-state index contributed by atoms with van der Waals surface area (Å²) in [6.45, 7) is 2.35. The first-order chi connectivity index (χ1) is 7.57. The lowest BCUT2D eigenvalue weighted by Gasteiger charge is -2.06. The number of sulfonamides is 1. The van der Waals surface area contributed by atoms with Gasteiger partial charge < -0.3 is 0 Å². The summed E-state index contributed by atoms with van der Waals surface area (Å²) in [4.78, 5) is 0. The molecule has 0 radical (unpaired) electrons. The van der Waals surface area contributed by atoms with Gasteiger partial charge in [-0.3, -0.25) is 10.7 Å². The van der Waals surface area contributed by atoms with E-state index in [4.69, 9.17) is 5.21 Å².